The number of rotatable bonds is 5. The molecule has 3 rings (SSSR count). The van der Waals surface area contributed by atoms with Gasteiger partial charge in [-0.2, -0.15) is 13.4 Å². The van der Waals surface area contributed by atoms with Gasteiger partial charge >= 0.3 is 16.2 Å². The normalized spacial score (nSPS) is 15.9. The number of carbonyl (C=O) groups is 1. The number of esters is 1. The third kappa shape index (κ3) is 4.52. The van der Waals surface area contributed by atoms with Gasteiger partial charge in [0.05, 0.1) is 17.2 Å². The Balaban J connectivity index is 1.62. The molecular weight excluding hydrogens is 396 g/mol. The Morgan fingerprint density at radius 2 is 2.04 bits per heavy atom. The Morgan fingerprint density at radius 1 is 1.30 bits per heavy atom. The smallest absolute Gasteiger partial charge is 0.342 e. The van der Waals surface area contributed by atoms with Crippen LogP contribution in [0.25, 0.3) is 11.4 Å². The van der Waals surface area contributed by atoms with Crippen molar-refractivity contribution in [1.29, 1.82) is 0 Å². The van der Waals surface area contributed by atoms with Gasteiger partial charge in [-0.15, -0.1) is 4.40 Å². The molecule has 1 N–H and O–H groups in total. The molecule has 1 aromatic carbocycles. The number of hydrogen-bond acceptors (Lipinski definition) is 7. The van der Waals surface area contributed by atoms with Crippen LogP contribution in [0.5, 0.6) is 0 Å². The molecule has 1 aliphatic heterocycles. The number of hydrogen-bond donors (Lipinski definition) is 1. The minimum Gasteiger partial charge on any atom is -0.455 e. The van der Waals surface area contributed by atoms with Gasteiger partial charge in [0, 0.05) is 16.8 Å². The Labute approximate surface area is 160 Å². The number of nitrogens with one attached hydrogen (secondary N) is 1. The first kappa shape index (κ1) is 19.1. The van der Waals surface area contributed by atoms with Gasteiger partial charge in [-0.05, 0) is 26.0 Å². The molecule has 0 radical (unpaired) electrons. The zero-order valence-corrected chi connectivity index (χ0v) is 16.0. The van der Waals surface area contributed by atoms with E-state index in [9.17, 15) is 13.2 Å². The highest BCUT2D eigenvalue weighted by Gasteiger charge is 2.23. The summed E-state index contributed by atoms with van der Waals surface area (Å²) in [4.78, 5) is 16.2. The van der Waals surface area contributed by atoms with E-state index in [0.717, 1.165) is 0 Å². The molecule has 0 amide bonds. The molecule has 2 aromatic rings. The molecule has 9 nitrogen and oxygen atoms in total. The summed E-state index contributed by atoms with van der Waals surface area (Å²) in [6.45, 7) is 2.84. The number of ether oxygens (including phenoxy) is 1. The number of allylic oxidation sites excluding steroid dienone is 1. The van der Waals surface area contributed by atoms with Crippen LogP contribution in [0.2, 0.25) is 5.02 Å². The van der Waals surface area contributed by atoms with E-state index in [4.69, 9.17) is 20.9 Å². The fraction of sp³-hybridized carbons (Fsp3) is 0.250. The third-order valence-corrected chi connectivity index (χ3v) is 5.10. The van der Waals surface area contributed by atoms with Gasteiger partial charge in [0.25, 0.3) is 5.89 Å². The van der Waals surface area contributed by atoms with Crippen molar-refractivity contribution in [3.05, 3.63) is 46.4 Å². The Hall–Kier alpha value is -2.72. The molecule has 0 bridgehead atoms. The highest BCUT2D eigenvalue weighted by molar-refractivity contribution is 7.88. The van der Waals surface area contributed by atoms with Crippen molar-refractivity contribution in [2.45, 2.75) is 26.9 Å². The number of aromatic nitrogens is 2. The van der Waals surface area contributed by atoms with Crippen LogP contribution in [0, 0.1) is 0 Å². The minimum absolute atomic E-state index is 0.110. The van der Waals surface area contributed by atoms with Crippen LogP contribution < -0.4 is 4.72 Å². The van der Waals surface area contributed by atoms with Gasteiger partial charge in [-0.25, -0.2) is 0 Å². The average molecular weight is 411 g/mol. The lowest BCUT2D eigenvalue weighted by Gasteiger charge is -2.17. The fourth-order valence-electron chi connectivity index (χ4n) is 2.45. The van der Waals surface area contributed by atoms with E-state index in [2.05, 4.69) is 19.3 Å². The van der Waals surface area contributed by atoms with Crippen LogP contribution in [0.3, 0.4) is 0 Å². The molecular formula is C16H15ClN4O5S. The molecule has 1 aromatic heterocycles. The highest BCUT2D eigenvalue weighted by atomic mass is 35.5. The summed E-state index contributed by atoms with van der Waals surface area (Å²) in [6.07, 6.45) is -0.144. The molecule has 27 heavy (non-hydrogen) atoms. The summed E-state index contributed by atoms with van der Waals surface area (Å²) in [5.74, 6) is -0.189. The highest BCUT2D eigenvalue weighted by Crippen LogP contribution is 2.25. The minimum atomic E-state index is -3.75. The molecule has 1 aliphatic rings. The fourth-order valence-corrected chi connectivity index (χ4v) is 3.69. The second-order valence-electron chi connectivity index (χ2n) is 5.69. The Kier molecular flexibility index (Phi) is 5.29. The molecule has 142 valence electrons. The molecule has 0 unspecified atom stereocenters. The molecule has 2 heterocycles. The van der Waals surface area contributed by atoms with Gasteiger partial charge < -0.3 is 9.26 Å². The zero-order valence-electron chi connectivity index (χ0n) is 14.4. The van der Waals surface area contributed by atoms with Gasteiger partial charge in [-0.1, -0.05) is 28.9 Å². The average Bonchev–Trinajstić information content (AvgIpc) is 3.05. The summed E-state index contributed by atoms with van der Waals surface area (Å²) >= 11 is 6.08. The lowest BCUT2D eigenvalue weighted by atomic mass is 10.1. The number of carbonyl (C=O) groups excluding carboxylic acids is 1. The molecule has 0 saturated heterocycles. The van der Waals surface area contributed by atoms with E-state index in [-0.39, 0.29) is 30.5 Å². The summed E-state index contributed by atoms with van der Waals surface area (Å²) in [6, 6.07) is 7.01. The first-order valence-electron chi connectivity index (χ1n) is 7.78. The van der Waals surface area contributed by atoms with Crippen LogP contribution in [0.15, 0.2) is 44.5 Å². The molecule has 0 atom stereocenters. The summed E-state index contributed by atoms with van der Waals surface area (Å²) < 4.78 is 38.9. The molecule has 0 fully saturated rings. The molecule has 0 saturated carbocycles. The van der Waals surface area contributed by atoms with E-state index in [1.54, 1.807) is 31.2 Å². The number of benzene rings is 1. The Morgan fingerprint density at radius 3 is 2.74 bits per heavy atom. The van der Waals surface area contributed by atoms with Crippen molar-refractivity contribution in [3.63, 3.8) is 0 Å². The largest absolute Gasteiger partial charge is 0.455 e. The first-order chi connectivity index (χ1) is 12.7. The Bertz CT molecular complexity index is 1060. The topological polar surface area (TPSA) is 124 Å². The molecule has 11 heteroatoms. The predicted octanol–water partition coefficient (Wildman–Crippen LogP) is 2.41. The standard InChI is InChI=1S/C16H15ClN4O5S/c1-9-12(10(2)21-27(23,24)20-9)7-15(22)25-8-14-18-16(19-26-14)11-5-3-4-6-13(11)17/h3-6,20H,7-8H2,1-2H3. The first-order valence-corrected chi connectivity index (χ1v) is 9.59. The second-order valence-corrected chi connectivity index (χ2v) is 7.43. The van der Waals surface area contributed by atoms with E-state index < -0.39 is 16.2 Å². The van der Waals surface area contributed by atoms with E-state index >= 15 is 0 Å². The third-order valence-electron chi connectivity index (χ3n) is 3.69. The summed E-state index contributed by atoms with van der Waals surface area (Å²) in [7, 11) is -3.75. The predicted molar refractivity (Wildman–Crippen MR) is 97.0 cm³/mol. The maximum absolute atomic E-state index is 12.1. The lowest BCUT2D eigenvalue weighted by Crippen LogP contribution is -2.28. The second kappa shape index (κ2) is 7.49. The maximum Gasteiger partial charge on any atom is 0.342 e. The number of halogens is 1. The van der Waals surface area contributed by atoms with Crippen LogP contribution in [-0.2, 0) is 26.3 Å². The van der Waals surface area contributed by atoms with Gasteiger partial charge in [-0.3, -0.25) is 9.52 Å². The van der Waals surface area contributed by atoms with Crippen molar-refractivity contribution in [1.82, 2.24) is 14.9 Å². The van der Waals surface area contributed by atoms with E-state index in [1.807, 2.05) is 0 Å². The lowest BCUT2D eigenvalue weighted by molar-refractivity contribution is -0.144. The van der Waals surface area contributed by atoms with Crippen molar-refractivity contribution in [2.24, 2.45) is 4.40 Å². The van der Waals surface area contributed by atoms with E-state index in [1.165, 1.54) is 6.92 Å². The van der Waals surface area contributed by atoms with Crippen LogP contribution in [0.1, 0.15) is 26.2 Å². The van der Waals surface area contributed by atoms with Gasteiger partial charge in [0.15, 0.2) is 6.61 Å². The molecule has 0 aliphatic carbocycles. The van der Waals surface area contributed by atoms with Crippen molar-refractivity contribution in [3.8, 4) is 11.4 Å². The quantitative estimate of drug-likeness (QED) is 0.750. The van der Waals surface area contributed by atoms with Gasteiger partial charge in [0.2, 0.25) is 5.82 Å². The van der Waals surface area contributed by atoms with Crippen molar-refractivity contribution in [2.75, 3.05) is 0 Å². The monoisotopic (exact) mass is 410 g/mol. The van der Waals surface area contributed by atoms with Crippen molar-refractivity contribution >= 4 is 33.5 Å². The maximum atomic E-state index is 12.1. The summed E-state index contributed by atoms with van der Waals surface area (Å²) in [5, 5.41) is 4.29. The van der Waals surface area contributed by atoms with Gasteiger partial charge in [0.1, 0.15) is 0 Å². The van der Waals surface area contributed by atoms with Crippen molar-refractivity contribution < 1.29 is 22.5 Å². The van der Waals surface area contributed by atoms with Crippen LogP contribution >= 0.6 is 11.6 Å². The van der Waals surface area contributed by atoms with Crippen LogP contribution in [0.4, 0.5) is 0 Å². The summed E-state index contributed by atoms with van der Waals surface area (Å²) in [5.41, 5.74) is 1.62. The molecule has 0 spiro atoms. The van der Waals surface area contributed by atoms with E-state index in [0.29, 0.717) is 21.9 Å². The number of nitrogens with zero attached hydrogens (tertiary/aromatic N) is 3. The SMILES string of the molecule is CC1=NS(=O)(=O)NC(C)=C1CC(=O)OCc1nc(-c2ccccc2Cl)no1. The zero-order chi connectivity index (χ0) is 19.6. The van der Waals surface area contributed by atoms with Crippen LogP contribution in [-0.4, -0.2) is 30.2 Å².